The van der Waals surface area contributed by atoms with Gasteiger partial charge in [-0.25, -0.2) is 0 Å². The molecule has 2 heterocycles. The van der Waals surface area contributed by atoms with Crippen molar-refractivity contribution in [3.63, 3.8) is 0 Å². The van der Waals surface area contributed by atoms with Crippen LogP contribution in [0.4, 0.5) is 0 Å². The zero-order valence-corrected chi connectivity index (χ0v) is 13.3. The van der Waals surface area contributed by atoms with Crippen LogP contribution in [0, 0.1) is 0 Å². The van der Waals surface area contributed by atoms with Gasteiger partial charge < -0.3 is 10.4 Å². The number of hydrogen-bond donors (Lipinski definition) is 2. The second-order valence-electron chi connectivity index (χ2n) is 6.04. The van der Waals surface area contributed by atoms with Gasteiger partial charge in [-0.3, -0.25) is 4.68 Å². The molecule has 1 fully saturated rings. The maximum absolute atomic E-state index is 10.5. The summed E-state index contributed by atoms with van der Waals surface area (Å²) in [6.07, 6.45) is 7.45. The summed E-state index contributed by atoms with van der Waals surface area (Å²) in [4.78, 5) is 1.20. The largest absolute Gasteiger partial charge is 0.389 e. The number of nitrogens with one attached hydrogen (secondary N) is 1. The van der Waals surface area contributed by atoms with Crippen LogP contribution < -0.4 is 5.32 Å². The van der Waals surface area contributed by atoms with Crippen molar-refractivity contribution in [2.75, 3.05) is 6.54 Å². The molecule has 1 saturated carbocycles. The number of aryl methyl sites for hydroxylation is 1. The van der Waals surface area contributed by atoms with Gasteiger partial charge in [-0.05, 0) is 24.3 Å². The molecule has 0 amide bonds. The molecule has 0 bridgehead atoms. The van der Waals surface area contributed by atoms with E-state index in [-0.39, 0.29) is 0 Å². The molecule has 0 saturated heterocycles. The highest BCUT2D eigenvalue weighted by Gasteiger charge is 2.28. The van der Waals surface area contributed by atoms with Crippen LogP contribution in [0.25, 0.3) is 10.6 Å². The molecule has 5 heteroatoms. The fraction of sp³-hybridized carbons (Fsp3) is 0.562. The van der Waals surface area contributed by atoms with E-state index in [1.54, 1.807) is 11.3 Å². The minimum absolute atomic E-state index is 0.510. The monoisotopic (exact) mass is 305 g/mol. The lowest BCUT2D eigenvalue weighted by atomic mass is 9.85. The van der Waals surface area contributed by atoms with Gasteiger partial charge in [-0.2, -0.15) is 5.10 Å². The van der Waals surface area contributed by atoms with Gasteiger partial charge in [-0.1, -0.05) is 25.3 Å². The van der Waals surface area contributed by atoms with E-state index < -0.39 is 5.60 Å². The van der Waals surface area contributed by atoms with E-state index >= 15 is 0 Å². The first kappa shape index (κ1) is 14.8. The molecule has 0 unspecified atom stereocenters. The van der Waals surface area contributed by atoms with E-state index in [0.717, 1.165) is 37.9 Å². The summed E-state index contributed by atoms with van der Waals surface area (Å²) in [6, 6.07) is 4.15. The Balaban J connectivity index is 1.63. The van der Waals surface area contributed by atoms with Crippen molar-refractivity contribution in [1.29, 1.82) is 0 Å². The second kappa shape index (κ2) is 6.30. The zero-order valence-electron chi connectivity index (χ0n) is 12.5. The summed E-state index contributed by atoms with van der Waals surface area (Å²) in [6.45, 7) is 1.43. The number of nitrogens with zero attached hydrogens (tertiary/aromatic N) is 2. The van der Waals surface area contributed by atoms with Crippen molar-refractivity contribution in [3.8, 4) is 10.6 Å². The Labute approximate surface area is 129 Å². The highest BCUT2D eigenvalue weighted by atomic mass is 32.1. The highest BCUT2D eigenvalue weighted by Crippen LogP contribution is 2.28. The molecule has 2 aromatic rings. The first-order valence-electron chi connectivity index (χ1n) is 7.66. The normalized spacial score (nSPS) is 18.0. The number of hydrogen-bond acceptors (Lipinski definition) is 4. The smallest absolute Gasteiger partial charge is 0.107 e. The number of rotatable bonds is 5. The Morgan fingerprint density at radius 2 is 2.19 bits per heavy atom. The molecule has 2 N–H and O–H groups in total. The van der Waals surface area contributed by atoms with Crippen LogP contribution in [-0.4, -0.2) is 27.0 Å². The Bertz CT molecular complexity index is 570. The average molecular weight is 305 g/mol. The van der Waals surface area contributed by atoms with Crippen molar-refractivity contribution >= 4 is 11.3 Å². The van der Waals surface area contributed by atoms with Crippen LogP contribution in [0.15, 0.2) is 23.7 Å². The summed E-state index contributed by atoms with van der Waals surface area (Å²) in [5.74, 6) is 0. The fourth-order valence-electron chi connectivity index (χ4n) is 3.10. The lowest BCUT2D eigenvalue weighted by molar-refractivity contribution is 0.00468. The quantitative estimate of drug-likeness (QED) is 0.893. The van der Waals surface area contributed by atoms with Gasteiger partial charge >= 0.3 is 0 Å². The van der Waals surface area contributed by atoms with Crippen molar-refractivity contribution < 1.29 is 5.11 Å². The molecule has 114 valence electrons. The predicted molar refractivity (Wildman–Crippen MR) is 86.3 cm³/mol. The van der Waals surface area contributed by atoms with E-state index in [0.29, 0.717) is 6.54 Å². The molecule has 1 aliphatic rings. The summed E-state index contributed by atoms with van der Waals surface area (Å²) in [7, 11) is 1.95. The Kier molecular flexibility index (Phi) is 4.42. The third-order valence-corrected chi connectivity index (χ3v) is 5.09. The average Bonchev–Trinajstić information content (AvgIpc) is 3.09. The van der Waals surface area contributed by atoms with Gasteiger partial charge in [0.25, 0.3) is 0 Å². The lowest BCUT2D eigenvalue weighted by Crippen LogP contribution is -2.41. The molecular formula is C16H23N3OS. The molecule has 0 atom stereocenters. The molecule has 4 nitrogen and oxygen atoms in total. The molecule has 0 aromatic carbocycles. The summed E-state index contributed by atoms with van der Waals surface area (Å²) < 4.78 is 1.86. The standard InChI is InChI=1S/C16H23N3OS/c1-19-11-13(15(18-19)14-6-5-9-21-14)10-17-12-16(20)7-3-2-4-8-16/h5-6,9,11,17,20H,2-4,7-8,10,12H2,1H3. The van der Waals surface area contributed by atoms with Crippen LogP contribution in [0.2, 0.25) is 0 Å². The second-order valence-corrected chi connectivity index (χ2v) is 6.99. The van der Waals surface area contributed by atoms with Crippen LogP contribution in [0.3, 0.4) is 0 Å². The van der Waals surface area contributed by atoms with Crippen molar-refractivity contribution in [2.24, 2.45) is 7.05 Å². The highest BCUT2D eigenvalue weighted by molar-refractivity contribution is 7.13. The zero-order chi connectivity index (χ0) is 14.7. The van der Waals surface area contributed by atoms with Gasteiger partial charge in [-0.15, -0.1) is 11.3 Å². The molecule has 21 heavy (non-hydrogen) atoms. The van der Waals surface area contributed by atoms with Crippen molar-refractivity contribution in [3.05, 3.63) is 29.3 Å². The summed E-state index contributed by atoms with van der Waals surface area (Å²) in [5, 5.41) is 20.6. The van der Waals surface area contributed by atoms with Crippen LogP contribution in [-0.2, 0) is 13.6 Å². The van der Waals surface area contributed by atoms with E-state index in [1.165, 1.54) is 16.9 Å². The molecule has 0 radical (unpaired) electrons. The minimum Gasteiger partial charge on any atom is -0.389 e. The SMILES string of the molecule is Cn1cc(CNCC2(O)CCCCC2)c(-c2cccs2)n1. The topological polar surface area (TPSA) is 50.1 Å². The van der Waals surface area contributed by atoms with E-state index in [1.807, 2.05) is 11.7 Å². The Hall–Kier alpha value is -1.17. The van der Waals surface area contributed by atoms with Gasteiger partial charge in [0.2, 0.25) is 0 Å². The number of thiophene rings is 1. The van der Waals surface area contributed by atoms with Gasteiger partial charge in [0.15, 0.2) is 0 Å². The van der Waals surface area contributed by atoms with E-state index in [4.69, 9.17) is 0 Å². The third kappa shape index (κ3) is 3.54. The van der Waals surface area contributed by atoms with Gasteiger partial charge in [0, 0.05) is 31.9 Å². The first-order valence-corrected chi connectivity index (χ1v) is 8.54. The Morgan fingerprint density at radius 3 is 2.90 bits per heavy atom. The molecule has 1 aliphatic carbocycles. The fourth-order valence-corrected chi connectivity index (χ4v) is 3.85. The molecular weight excluding hydrogens is 282 g/mol. The minimum atomic E-state index is -0.510. The van der Waals surface area contributed by atoms with Crippen LogP contribution in [0.1, 0.15) is 37.7 Å². The predicted octanol–water partition coefficient (Wildman–Crippen LogP) is 2.93. The Morgan fingerprint density at radius 1 is 1.38 bits per heavy atom. The molecule has 3 rings (SSSR count). The third-order valence-electron chi connectivity index (χ3n) is 4.21. The van der Waals surface area contributed by atoms with Crippen molar-refractivity contribution in [1.82, 2.24) is 15.1 Å². The maximum Gasteiger partial charge on any atom is 0.107 e. The van der Waals surface area contributed by atoms with E-state index in [2.05, 4.69) is 34.1 Å². The molecule has 0 aliphatic heterocycles. The first-order chi connectivity index (χ1) is 10.2. The summed E-state index contributed by atoms with van der Waals surface area (Å²) >= 11 is 1.71. The van der Waals surface area contributed by atoms with Crippen molar-refractivity contribution in [2.45, 2.75) is 44.2 Å². The molecule has 0 spiro atoms. The van der Waals surface area contributed by atoms with E-state index in [9.17, 15) is 5.11 Å². The van der Waals surface area contributed by atoms with Crippen LogP contribution >= 0.6 is 11.3 Å². The van der Waals surface area contributed by atoms with Crippen LogP contribution in [0.5, 0.6) is 0 Å². The van der Waals surface area contributed by atoms with Gasteiger partial charge in [0.1, 0.15) is 5.69 Å². The number of aliphatic hydroxyl groups is 1. The molecule has 2 aromatic heterocycles. The number of aromatic nitrogens is 2. The summed E-state index contributed by atoms with van der Waals surface area (Å²) in [5.41, 5.74) is 1.74. The lowest BCUT2D eigenvalue weighted by Gasteiger charge is -2.32. The maximum atomic E-state index is 10.5. The van der Waals surface area contributed by atoms with Gasteiger partial charge in [0.05, 0.1) is 10.5 Å².